The fraction of sp³-hybridized carbons (Fsp3) is 0.273. The number of rotatable bonds is 1. The van der Waals surface area contributed by atoms with Gasteiger partial charge in [-0.1, -0.05) is 12.1 Å². The Labute approximate surface area is 93.1 Å². The second-order valence-electron chi connectivity index (χ2n) is 3.89. The van der Waals surface area contributed by atoms with Crippen LogP contribution in [0.5, 0.6) is 0 Å². The van der Waals surface area contributed by atoms with E-state index in [-0.39, 0.29) is 0 Å². The number of aliphatic imine (C=N–C) groups is 1. The van der Waals surface area contributed by atoms with E-state index in [1.54, 1.807) is 4.79 Å². The summed E-state index contributed by atoms with van der Waals surface area (Å²) in [5.41, 5.74) is 5.42. The molecule has 3 rings (SSSR count). The predicted octanol–water partition coefficient (Wildman–Crippen LogP) is 0.847. The summed E-state index contributed by atoms with van der Waals surface area (Å²) >= 11 is 0. The van der Waals surface area contributed by atoms with Crippen molar-refractivity contribution in [3.05, 3.63) is 30.0 Å². The van der Waals surface area contributed by atoms with Gasteiger partial charge in [-0.05, 0) is 18.6 Å². The highest BCUT2D eigenvalue weighted by molar-refractivity contribution is 5.90. The van der Waals surface area contributed by atoms with Gasteiger partial charge in [-0.15, -0.1) is 0 Å². The average molecular weight is 215 g/mol. The average Bonchev–Trinajstić information content (AvgIpc) is 2.90. The lowest BCUT2D eigenvalue weighted by molar-refractivity contribution is 0.831. The van der Waals surface area contributed by atoms with Crippen LogP contribution in [-0.4, -0.2) is 28.9 Å². The summed E-state index contributed by atoms with van der Waals surface area (Å²) in [4.78, 5) is 6.02. The van der Waals surface area contributed by atoms with Crippen LogP contribution >= 0.6 is 0 Å². The Morgan fingerprint density at radius 2 is 2.38 bits per heavy atom. The third kappa shape index (κ3) is 1.50. The van der Waals surface area contributed by atoms with Gasteiger partial charge in [0.2, 0.25) is 5.96 Å². The zero-order valence-corrected chi connectivity index (χ0v) is 9.07. The molecule has 0 aliphatic carbocycles. The first-order valence-electron chi connectivity index (χ1n) is 5.33. The molecule has 0 saturated heterocycles. The van der Waals surface area contributed by atoms with E-state index in [0.717, 1.165) is 30.0 Å². The number of aryl methyl sites for hydroxylation is 1. The molecule has 2 heterocycles. The molecule has 2 N–H and O–H groups in total. The number of hydrogen-bond acceptors (Lipinski definition) is 4. The highest BCUT2D eigenvalue weighted by Crippen LogP contribution is 2.14. The predicted molar refractivity (Wildman–Crippen MR) is 64.1 cm³/mol. The summed E-state index contributed by atoms with van der Waals surface area (Å²) in [7, 11) is 0. The van der Waals surface area contributed by atoms with Crippen LogP contribution in [0, 0.1) is 6.92 Å². The minimum absolute atomic E-state index is 0.784. The molecule has 1 aliphatic heterocycles. The van der Waals surface area contributed by atoms with Crippen LogP contribution in [0.25, 0.3) is 10.9 Å². The van der Waals surface area contributed by atoms with Crippen molar-refractivity contribution in [1.29, 1.82) is 0 Å². The van der Waals surface area contributed by atoms with Gasteiger partial charge in [0.15, 0.2) is 0 Å². The summed E-state index contributed by atoms with van der Waals surface area (Å²) in [5, 5.41) is 8.56. The maximum Gasteiger partial charge on any atom is 0.212 e. The first-order valence-corrected chi connectivity index (χ1v) is 5.33. The van der Waals surface area contributed by atoms with E-state index in [2.05, 4.69) is 46.0 Å². The molecular formula is C11H13N5. The van der Waals surface area contributed by atoms with Gasteiger partial charge in [0.1, 0.15) is 0 Å². The van der Waals surface area contributed by atoms with Crippen molar-refractivity contribution in [2.45, 2.75) is 6.92 Å². The molecule has 16 heavy (non-hydrogen) atoms. The van der Waals surface area contributed by atoms with Crippen LogP contribution in [0.1, 0.15) is 5.56 Å². The topological polar surface area (TPSA) is 54.2 Å². The van der Waals surface area contributed by atoms with Crippen LogP contribution in [0.15, 0.2) is 29.4 Å². The lowest BCUT2D eigenvalue weighted by Gasteiger charge is -2.07. The van der Waals surface area contributed by atoms with Crippen molar-refractivity contribution in [3.63, 3.8) is 0 Å². The Kier molecular flexibility index (Phi) is 2.02. The van der Waals surface area contributed by atoms with Gasteiger partial charge in [-0.2, -0.15) is 9.89 Å². The molecule has 0 fully saturated rings. The van der Waals surface area contributed by atoms with Crippen LogP contribution in [-0.2, 0) is 0 Å². The molecule has 0 radical (unpaired) electrons. The van der Waals surface area contributed by atoms with E-state index >= 15 is 0 Å². The van der Waals surface area contributed by atoms with Gasteiger partial charge in [-0.3, -0.25) is 0 Å². The normalized spacial score (nSPS) is 14.9. The Morgan fingerprint density at radius 3 is 3.19 bits per heavy atom. The lowest BCUT2D eigenvalue weighted by Crippen LogP contribution is -2.32. The smallest absolute Gasteiger partial charge is 0.212 e. The molecule has 0 spiro atoms. The minimum Gasteiger partial charge on any atom is -0.353 e. The van der Waals surface area contributed by atoms with Gasteiger partial charge < -0.3 is 5.32 Å². The molecule has 1 aliphatic rings. The third-order valence-electron chi connectivity index (χ3n) is 2.61. The van der Waals surface area contributed by atoms with Crippen molar-refractivity contribution in [1.82, 2.24) is 15.2 Å². The Morgan fingerprint density at radius 1 is 1.44 bits per heavy atom. The van der Waals surface area contributed by atoms with Crippen LogP contribution in [0.4, 0.5) is 0 Å². The van der Waals surface area contributed by atoms with E-state index in [1.807, 2.05) is 6.20 Å². The standard InChI is InChI=1S/C11H13N5/c1-8-2-3-9-7-14-16(10(9)6-8)15-11-12-4-5-13-11/h2-3,6-7H,4-5H2,1H3,(H2,12,13,15). The van der Waals surface area contributed by atoms with Crippen molar-refractivity contribution < 1.29 is 0 Å². The fourth-order valence-corrected chi connectivity index (χ4v) is 1.79. The number of nitrogens with one attached hydrogen (secondary N) is 2. The Hall–Kier alpha value is -2.04. The van der Waals surface area contributed by atoms with Gasteiger partial charge in [0, 0.05) is 11.9 Å². The highest BCUT2D eigenvalue weighted by atomic mass is 15.6. The largest absolute Gasteiger partial charge is 0.353 e. The molecule has 0 bridgehead atoms. The maximum atomic E-state index is 4.28. The van der Waals surface area contributed by atoms with Crippen molar-refractivity contribution in [2.75, 3.05) is 18.5 Å². The zero-order valence-electron chi connectivity index (χ0n) is 9.07. The number of fused-ring (bicyclic) bond motifs is 1. The second kappa shape index (κ2) is 3.52. The molecule has 82 valence electrons. The number of nitrogens with zero attached hydrogens (tertiary/aromatic N) is 3. The van der Waals surface area contributed by atoms with E-state index < -0.39 is 0 Å². The van der Waals surface area contributed by atoms with Gasteiger partial charge >= 0.3 is 0 Å². The molecule has 0 unspecified atom stereocenters. The number of hydrogen-bond donors (Lipinski definition) is 2. The molecule has 0 saturated carbocycles. The van der Waals surface area contributed by atoms with Crippen LogP contribution in [0.3, 0.4) is 0 Å². The molecule has 5 nitrogen and oxygen atoms in total. The van der Waals surface area contributed by atoms with E-state index in [0.29, 0.717) is 0 Å². The van der Waals surface area contributed by atoms with Gasteiger partial charge in [0.25, 0.3) is 0 Å². The molecule has 0 atom stereocenters. The lowest BCUT2D eigenvalue weighted by atomic mass is 10.2. The van der Waals surface area contributed by atoms with Crippen molar-refractivity contribution >= 4 is 16.9 Å². The quantitative estimate of drug-likeness (QED) is 0.741. The van der Waals surface area contributed by atoms with Crippen molar-refractivity contribution in [3.8, 4) is 0 Å². The third-order valence-corrected chi connectivity index (χ3v) is 2.61. The zero-order chi connectivity index (χ0) is 11.0. The number of benzene rings is 1. The van der Waals surface area contributed by atoms with Crippen molar-refractivity contribution in [2.24, 2.45) is 4.99 Å². The highest BCUT2D eigenvalue weighted by Gasteiger charge is 2.07. The number of aromatic nitrogens is 2. The summed E-state index contributed by atoms with van der Waals surface area (Å²) in [6.07, 6.45) is 1.84. The molecule has 0 amide bonds. The molecule has 2 aromatic rings. The molecule has 1 aromatic carbocycles. The monoisotopic (exact) mass is 215 g/mol. The summed E-state index contributed by atoms with van der Waals surface area (Å²) in [5.74, 6) is 0.784. The first kappa shape index (κ1) is 9.21. The first-order chi connectivity index (χ1) is 7.83. The fourth-order valence-electron chi connectivity index (χ4n) is 1.79. The minimum atomic E-state index is 0.784. The molecular weight excluding hydrogens is 202 g/mol. The van der Waals surface area contributed by atoms with E-state index in [9.17, 15) is 0 Å². The van der Waals surface area contributed by atoms with E-state index in [1.165, 1.54) is 5.56 Å². The Balaban J connectivity index is 1.99. The van der Waals surface area contributed by atoms with Crippen LogP contribution < -0.4 is 10.7 Å². The summed E-state index contributed by atoms with van der Waals surface area (Å²) in [6.45, 7) is 3.78. The maximum absolute atomic E-state index is 4.28. The summed E-state index contributed by atoms with van der Waals surface area (Å²) < 4.78 is 0. The van der Waals surface area contributed by atoms with E-state index in [4.69, 9.17) is 0 Å². The number of guanidine groups is 1. The van der Waals surface area contributed by atoms with Crippen LogP contribution in [0.2, 0.25) is 0 Å². The molecule has 5 heteroatoms. The summed E-state index contributed by atoms with van der Waals surface area (Å²) in [6, 6.07) is 6.25. The van der Waals surface area contributed by atoms with Gasteiger partial charge in [-0.25, -0.2) is 10.4 Å². The Bertz CT molecular complexity index is 555. The SMILES string of the molecule is Cc1ccc2cnn(NC3=NCCN3)c2c1. The van der Waals surface area contributed by atoms with Gasteiger partial charge in [0.05, 0.1) is 18.3 Å². The molecule has 1 aromatic heterocycles. The second-order valence-corrected chi connectivity index (χ2v) is 3.89.